The van der Waals surface area contributed by atoms with Crippen LogP contribution < -0.4 is 35.6 Å². The molecule has 388 valence electrons. The first-order valence-electron chi connectivity index (χ1n) is 23.4. The molecule has 20 heteroatoms. The van der Waals surface area contributed by atoms with E-state index in [4.69, 9.17) is 15.2 Å². The van der Waals surface area contributed by atoms with E-state index in [1.54, 1.807) is 102 Å². The maximum Gasteiger partial charge on any atom is 0.407 e. The summed E-state index contributed by atoms with van der Waals surface area (Å²) in [5.74, 6) is 0. The van der Waals surface area contributed by atoms with Crippen molar-refractivity contribution in [3.8, 4) is 0 Å². The molecule has 18 nitrogen and oxygen atoms in total. The molecule has 2 aliphatic heterocycles. The minimum absolute atomic E-state index is 0.0536. The number of nitrogens with one attached hydrogen (secondary N) is 4. The predicted octanol–water partition coefficient (Wildman–Crippen LogP) is 9.54. The molecule has 2 atom stereocenters. The van der Waals surface area contributed by atoms with Gasteiger partial charge in [0.1, 0.15) is 11.2 Å². The lowest BCUT2D eigenvalue weighted by molar-refractivity contribution is 0.0493. The van der Waals surface area contributed by atoms with Crippen LogP contribution in [0.4, 0.5) is 48.5 Å². The molecule has 0 aromatic heterocycles. The first-order chi connectivity index (χ1) is 35.0. The molecule has 2 heterocycles. The number of aliphatic imine (C=N–C) groups is 1. The highest BCUT2D eigenvalue weighted by molar-refractivity contribution is 7.93. The summed E-state index contributed by atoms with van der Waals surface area (Å²) in [7, 11) is -7.77. The van der Waals surface area contributed by atoms with Crippen molar-refractivity contribution in [3.05, 3.63) is 169 Å². The maximum atomic E-state index is 13.7. The lowest BCUT2D eigenvalue weighted by Gasteiger charge is -2.35. The summed E-state index contributed by atoms with van der Waals surface area (Å²) in [5.41, 5.74) is 9.41. The van der Waals surface area contributed by atoms with Gasteiger partial charge in [0, 0.05) is 17.1 Å². The standard InChI is InChI=1S/C27H30N4O5S.C20H25N3O4S.C7H5NO/c1-27(2,3)36-26(33)30-22-17-19-9-7-8-12-24(19)31(18-22)37(34,35)23-15-13-21(14-16-23)29-25(32)28-20-10-5-4-6-11-20;1-20(2,3)27-19(24)22-16-12-14-6-4-5-7-18(14)23(13-16)28(25,26)17-10-8-15(21)9-11-17;9-6-8-7-4-2-1-3-5-7/h4-16,22H,17-18H2,1-3H3,(H,30,33)(H2,28,29,32);4-11,16H,12-13,21H2,1-3H3,(H,22,24);1-5H. The maximum absolute atomic E-state index is 13.7. The van der Waals surface area contributed by atoms with Gasteiger partial charge in [0.05, 0.1) is 52.0 Å². The molecule has 0 bridgehead atoms. The molecule has 0 spiro atoms. The number of fused-ring (bicyclic) bond motifs is 2. The van der Waals surface area contributed by atoms with Gasteiger partial charge in [0.15, 0.2) is 0 Å². The number of carbonyl (C=O) groups is 3. The fourth-order valence-electron chi connectivity index (χ4n) is 7.68. The Morgan fingerprint density at radius 1 is 0.554 bits per heavy atom. The largest absolute Gasteiger partial charge is 0.444 e. The van der Waals surface area contributed by atoms with Crippen LogP contribution in [0.3, 0.4) is 0 Å². The summed E-state index contributed by atoms with van der Waals surface area (Å²) < 4.78 is 67.2. The fraction of sp³-hybridized carbons (Fsp3) is 0.259. The predicted molar refractivity (Wildman–Crippen MR) is 286 cm³/mol. The molecule has 4 amide bonds. The van der Waals surface area contributed by atoms with E-state index >= 15 is 0 Å². The molecule has 0 fully saturated rings. The van der Waals surface area contributed by atoms with Gasteiger partial charge in [-0.05, 0) is 150 Å². The normalized spacial score (nSPS) is 15.1. The number of alkyl carbamates (subject to hydrolysis) is 2. The summed E-state index contributed by atoms with van der Waals surface area (Å²) in [4.78, 5) is 50.1. The second kappa shape index (κ2) is 24.0. The topological polar surface area (TPSA) is 248 Å². The Morgan fingerprint density at radius 2 is 0.932 bits per heavy atom. The Morgan fingerprint density at radius 3 is 1.35 bits per heavy atom. The number of para-hydroxylation sites is 4. The third kappa shape index (κ3) is 15.7. The number of benzene rings is 6. The van der Waals surface area contributed by atoms with Crippen molar-refractivity contribution in [3.63, 3.8) is 0 Å². The van der Waals surface area contributed by atoms with Crippen LogP contribution in [-0.4, -0.2) is 77.5 Å². The second-order valence-electron chi connectivity index (χ2n) is 19.0. The fourth-order valence-corrected chi connectivity index (χ4v) is 10.8. The number of nitrogens with zero attached hydrogens (tertiary/aromatic N) is 3. The third-order valence-electron chi connectivity index (χ3n) is 10.8. The SMILES string of the molecule is CC(C)(C)OC(=O)NC1Cc2ccccc2N(S(=O)(=O)c2ccc(N)cc2)C1.CC(C)(C)OC(=O)NC1Cc2ccccc2N(S(=O)(=O)c2ccc(NC(=O)Nc3ccccc3)cc2)C1.O=C=Nc1ccccc1. The van der Waals surface area contributed by atoms with Gasteiger partial charge in [-0.1, -0.05) is 72.8 Å². The molecule has 2 aliphatic rings. The van der Waals surface area contributed by atoms with Crippen LogP contribution in [0.25, 0.3) is 0 Å². The summed E-state index contributed by atoms with van der Waals surface area (Å²) >= 11 is 0. The molecule has 0 radical (unpaired) electrons. The van der Waals surface area contributed by atoms with Crippen LogP contribution in [0, 0.1) is 0 Å². The number of nitrogen functional groups attached to an aromatic ring is 1. The highest BCUT2D eigenvalue weighted by Gasteiger charge is 2.36. The van der Waals surface area contributed by atoms with Gasteiger partial charge in [0.2, 0.25) is 6.08 Å². The van der Waals surface area contributed by atoms with Crippen molar-refractivity contribution in [1.29, 1.82) is 0 Å². The Kier molecular flexibility index (Phi) is 17.9. The van der Waals surface area contributed by atoms with E-state index in [1.165, 1.54) is 51.1 Å². The molecule has 0 saturated heterocycles. The highest BCUT2D eigenvalue weighted by atomic mass is 32.2. The zero-order valence-electron chi connectivity index (χ0n) is 41.8. The summed E-state index contributed by atoms with van der Waals surface area (Å²) in [6, 6.07) is 43.2. The first-order valence-corrected chi connectivity index (χ1v) is 26.3. The molecule has 6 N–H and O–H groups in total. The number of nitrogens with two attached hydrogens (primary N) is 1. The Balaban J connectivity index is 0.000000211. The minimum Gasteiger partial charge on any atom is -0.444 e. The lowest BCUT2D eigenvalue weighted by atomic mass is 10.00. The number of anilines is 5. The number of hydrogen-bond acceptors (Lipinski definition) is 12. The van der Waals surface area contributed by atoms with Gasteiger partial charge in [-0.2, -0.15) is 4.99 Å². The average molecular weight is 1050 g/mol. The minimum atomic E-state index is -3.96. The molecule has 8 rings (SSSR count). The average Bonchev–Trinajstić information content (AvgIpc) is 3.34. The van der Waals surface area contributed by atoms with Crippen LogP contribution >= 0.6 is 0 Å². The Bertz CT molecular complexity index is 3160. The number of urea groups is 1. The van der Waals surface area contributed by atoms with E-state index in [0.29, 0.717) is 47.0 Å². The van der Waals surface area contributed by atoms with Crippen LogP contribution in [0.15, 0.2) is 173 Å². The van der Waals surface area contributed by atoms with E-state index in [2.05, 4.69) is 26.3 Å². The van der Waals surface area contributed by atoms with Crippen LogP contribution in [-0.2, 0) is 47.2 Å². The van der Waals surface area contributed by atoms with Crippen LogP contribution in [0.1, 0.15) is 52.7 Å². The van der Waals surface area contributed by atoms with Crippen molar-refractivity contribution in [2.45, 2.75) is 87.5 Å². The third-order valence-corrected chi connectivity index (χ3v) is 14.4. The second-order valence-corrected chi connectivity index (χ2v) is 22.7. The number of ether oxygens (including phenoxy) is 2. The summed E-state index contributed by atoms with van der Waals surface area (Å²) in [6.07, 6.45) is 1.28. The molecule has 2 unspecified atom stereocenters. The smallest absolute Gasteiger partial charge is 0.407 e. The van der Waals surface area contributed by atoms with E-state index in [0.717, 1.165) is 11.1 Å². The van der Waals surface area contributed by atoms with Gasteiger partial charge in [-0.3, -0.25) is 8.61 Å². The molecule has 74 heavy (non-hydrogen) atoms. The van der Waals surface area contributed by atoms with Crippen LogP contribution in [0.5, 0.6) is 0 Å². The van der Waals surface area contributed by atoms with Crippen molar-refractivity contribution < 1.29 is 45.5 Å². The number of rotatable bonds is 9. The van der Waals surface area contributed by atoms with Crippen molar-refractivity contribution in [1.82, 2.24) is 10.6 Å². The first kappa shape index (κ1) is 55.1. The van der Waals surface area contributed by atoms with Crippen molar-refractivity contribution in [2.24, 2.45) is 4.99 Å². The van der Waals surface area contributed by atoms with Crippen LogP contribution in [0.2, 0.25) is 0 Å². The Hall–Kier alpha value is -8.19. The lowest BCUT2D eigenvalue weighted by Crippen LogP contribution is -2.51. The number of sulfonamides is 2. The summed E-state index contributed by atoms with van der Waals surface area (Å²) in [6.45, 7) is 10.8. The molecular formula is C54H60N8O10S2. The number of amides is 4. The molecule has 6 aromatic rings. The number of isocyanates is 1. The van der Waals surface area contributed by atoms with E-state index < -0.39 is 61.5 Å². The van der Waals surface area contributed by atoms with E-state index in [9.17, 15) is 36.0 Å². The molecular weight excluding hydrogens is 985 g/mol. The van der Waals surface area contributed by atoms with Crippen molar-refractivity contribution in [2.75, 3.05) is 38.1 Å². The van der Waals surface area contributed by atoms with Crippen molar-refractivity contribution >= 4 is 78.5 Å². The zero-order valence-corrected chi connectivity index (χ0v) is 43.4. The number of carbonyl (C=O) groups excluding carboxylic acids is 4. The molecule has 0 saturated carbocycles. The van der Waals surface area contributed by atoms with Gasteiger partial charge in [-0.15, -0.1) is 0 Å². The van der Waals surface area contributed by atoms with Gasteiger partial charge in [-0.25, -0.2) is 36.0 Å². The quantitative estimate of drug-likeness (QED) is 0.0518. The zero-order chi connectivity index (χ0) is 53.7. The Labute approximate surface area is 432 Å². The monoisotopic (exact) mass is 1040 g/mol. The summed E-state index contributed by atoms with van der Waals surface area (Å²) in [5, 5.41) is 11.0. The van der Waals surface area contributed by atoms with Gasteiger partial charge < -0.3 is 36.5 Å². The molecule has 0 aliphatic carbocycles. The van der Waals surface area contributed by atoms with Gasteiger partial charge in [0.25, 0.3) is 20.0 Å². The van der Waals surface area contributed by atoms with E-state index in [-0.39, 0.29) is 22.9 Å². The van der Waals surface area contributed by atoms with E-state index in [1.807, 2.05) is 60.7 Å². The molecule has 6 aromatic carbocycles. The number of hydrogen-bond donors (Lipinski definition) is 5. The highest BCUT2D eigenvalue weighted by Crippen LogP contribution is 2.34. The van der Waals surface area contributed by atoms with Gasteiger partial charge >= 0.3 is 18.2 Å².